The van der Waals surface area contributed by atoms with E-state index in [4.69, 9.17) is 5.73 Å². The van der Waals surface area contributed by atoms with E-state index in [9.17, 15) is 9.59 Å². The van der Waals surface area contributed by atoms with E-state index in [-0.39, 0.29) is 17.6 Å². The molecule has 0 aliphatic rings. The number of hydrogen-bond donors (Lipinski definition) is 4. The summed E-state index contributed by atoms with van der Waals surface area (Å²) in [7, 11) is 0. The average molecular weight is 371 g/mol. The highest BCUT2D eigenvalue weighted by Gasteiger charge is 2.09. The highest BCUT2D eigenvalue weighted by molar-refractivity contribution is 9.10. The second kappa shape index (κ2) is 7.09. The molecule has 110 valence electrons. The zero-order valence-corrected chi connectivity index (χ0v) is 13.0. The Bertz CT molecular complexity index is 644. The van der Waals surface area contributed by atoms with E-state index in [0.29, 0.717) is 10.7 Å². The maximum atomic E-state index is 11.7. The number of halogens is 1. The molecule has 0 aliphatic carbocycles. The normalized spacial score (nSPS) is 10.1. The molecule has 10 heteroatoms. The third-order valence-electron chi connectivity index (χ3n) is 2.24. The number of nitrogen functional groups attached to an aromatic ring is 1. The van der Waals surface area contributed by atoms with E-state index in [1.54, 1.807) is 24.3 Å². The number of benzene rings is 1. The molecular formula is C11H11BrN6O2S. The lowest BCUT2D eigenvalue weighted by atomic mass is 10.2. The SMILES string of the molecule is Nc1nc(SCC(=O)NNC(=O)c2ccc(Br)cc2)n[nH]1. The molecule has 5 N–H and O–H groups in total. The molecule has 0 atom stereocenters. The molecule has 1 aromatic carbocycles. The summed E-state index contributed by atoms with van der Waals surface area (Å²) in [6.07, 6.45) is 0. The molecule has 0 unspecified atom stereocenters. The summed E-state index contributed by atoms with van der Waals surface area (Å²) in [5.74, 6) is -0.545. The van der Waals surface area contributed by atoms with E-state index in [1.165, 1.54) is 0 Å². The van der Waals surface area contributed by atoms with Gasteiger partial charge in [0.05, 0.1) is 5.75 Å². The molecule has 8 nitrogen and oxygen atoms in total. The lowest BCUT2D eigenvalue weighted by Gasteiger charge is -2.06. The van der Waals surface area contributed by atoms with Gasteiger partial charge in [-0.2, -0.15) is 4.98 Å². The lowest BCUT2D eigenvalue weighted by Crippen LogP contribution is -2.42. The molecule has 0 aliphatic heterocycles. The van der Waals surface area contributed by atoms with Crippen LogP contribution in [-0.2, 0) is 4.79 Å². The van der Waals surface area contributed by atoms with Crippen molar-refractivity contribution in [3.63, 3.8) is 0 Å². The van der Waals surface area contributed by atoms with Crippen molar-refractivity contribution in [1.29, 1.82) is 0 Å². The van der Waals surface area contributed by atoms with E-state index >= 15 is 0 Å². The first-order chi connectivity index (χ1) is 10.0. The number of hydrogen-bond acceptors (Lipinski definition) is 6. The smallest absolute Gasteiger partial charge is 0.269 e. The maximum absolute atomic E-state index is 11.7. The first-order valence-electron chi connectivity index (χ1n) is 5.70. The first-order valence-corrected chi connectivity index (χ1v) is 7.48. The van der Waals surface area contributed by atoms with Crippen LogP contribution in [0.25, 0.3) is 0 Å². The largest absolute Gasteiger partial charge is 0.368 e. The Balaban J connectivity index is 1.75. The van der Waals surface area contributed by atoms with Gasteiger partial charge in [0, 0.05) is 10.0 Å². The monoisotopic (exact) mass is 370 g/mol. The van der Waals surface area contributed by atoms with Crippen molar-refractivity contribution in [2.24, 2.45) is 0 Å². The zero-order valence-electron chi connectivity index (χ0n) is 10.6. The molecule has 21 heavy (non-hydrogen) atoms. The van der Waals surface area contributed by atoms with Crippen LogP contribution < -0.4 is 16.6 Å². The molecule has 0 saturated carbocycles. The minimum absolute atomic E-state index is 0.0535. The Labute approximate surface area is 132 Å². The van der Waals surface area contributed by atoms with E-state index in [2.05, 4.69) is 42.0 Å². The predicted molar refractivity (Wildman–Crippen MR) is 81.3 cm³/mol. The molecule has 2 aromatic rings. The Morgan fingerprint density at radius 1 is 1.29 bits per heavy atom. The summed E-state index contributed by atoms with van der Waals surface area (Å²) < 4.78 is 0.866. The van der Waals surface area contributed by atoms with Crippen LogP contribution in [0, 0.1) is 0 Å². The summed E-state index contributed by atoms with van der Waals surface area (Å²) in [5, 5.41) is 6.59. The van der Waals surface area contributed by atoms with Gasteiger partial charge in [0.1, 0.15) is 0 Å². The van der Waals surface area contributed by atoms with Gasteiger partial charge >= 0.3 is 0 Å². The highest BCUT2D eigenvalue weighted by atomic mass is 79.9. The van der Waals surface area contributed by atoms with E-state index in [0.717, 1.165) is 16.2 Å². The number of nitrogens with two attached hydrogens (primary N) is 1. The third-order valence-corrected chi connectivity index (χ3v) is 3.61. The van der Waals surface area contributed by atoms with Gasteiger partial charge in [0.15, 0.2) is 0 Å². The molecule has 0 spiro atoms. The van der Waals surface area contributed by atoms with Gasteiger partial charge in [0.2, 0.25) is 17.0 Å². The van der Waals surface area contributed by atoms with Crippen molar-refractivity contribution in [3.8, 4) is 0 Å². The van der Waals surface area contributed by atoms with Crippen molar-refractivity contribution in [2.75, 3.05) is 11.5 Å². The van der Waals surface area contributed by atoms with Gasteiger partial charge in [-0.15, -0.1) is 5.10 Å². The van der Waals surface area contributed by atoms with Crippen LogP contribution >= 0.6 is 27.7 Å². The Morgan fingerprint density at radius 2 is 2.00 bits per heavy atom. The fraction of sp³-hybridized carbons (Fsp3) is 0.0909. The quantitative estimate of drug-likeness (QED) is 0.463. The standard InChI is InChI=1S/C11H11BrN6O2S/c12-7-3-1-6(2-4-7)9(20)16-15-8(19)5-21-11-14-10(13)17-18-11/h1-4H,5H2,(H,15,19)(H,16,20)(H3,13,14,17,18). The lowest BCUT2D eigenvalue weighted by molar-refractivity contribution is -0.119. The molecule has 1 aromatic heterocycles. The molecule has 2 amide bonds. The van der Waals surface area contributed by atoms with Gasteiger partial charge in [-0.05, 0) is 24.3 Å². The Morgan fingerprint density at radius 3 is 2.62 bits per heavy atom. The number of nitrogens with one attached hydrogen (secondary N) is 3. The number of anilines is 1. The van der Waals surface area contributed by atoms with Gasteiger partial charge < -0.3 is 5.73 Å². The van der Waals surface area contributed by atoms with Gasteiger partial charge in [0.25, 0.3) is 5.91 Å². The molecule has 1 heterocycles. The predicted octanol–water partition coefficient (Wildman–Crippen LogP) is 0.703. The molecule has 0 radical (unpaired) electrons. The van der Waals surface area contributed by atoms with E-state index < -0.39 is 5.91 Å². The number of amides is 2. The van der Waals surface area contributed by atoms with Crippen LogP contribution in [0.5, 0.6) is 0 Å². The summed E-state index contributed by atoms with van der Waals surface area (Å²) in [6, 6.07) is 6.74. The molecule has 0 saturated heterocycles. The molecule has 2 rings (SSSR count). The first kappa shape index (κ1) is 15.3. The van der Waals surface area contributed by atoms with Crippen LogP contribution in [0.4, 0.5) is 5.95 Å². The maximum Gasteiger partial charge on any atom is 0.269 e. The van der Waals surface area contributed by atoms with Crippen LogP contribution in [0.3, 0.4) is 0 Å². The number of nitrogens with zero attached hydrogens (tertiary/aromatic N) is 2. The van der Waals surface area contributed by atoms with Crippen LogP contribution in [0.1, 0.15) is 10.4 Å². The summed E-state index contributed by atoms with van der Waals surface area (Å²) in [4.78, 5) is 27.1. The number of thioether (sulfide) groups is 1. The van der Waals surface area contributed by atoms with Gasteiger partial charge in [-0.3, -0.25) is 20.4 Å². The summed E-state index contributed by atoms with van der Waals surface area (Å²) in [5.41, 5.74) is 10.4. The zero-order chi connectivity index (χ0) is 15.2. The Hall–Kier alpha value is -2.07. The fourth-order valence-corrected chi connectivity index (χ4v) is 2.16. The molecule has 0 fully saturated rings. The number of carbonyl (C=O) groups excluding carboxylic acids is 2. The van der Waals surface area contributed by atoms with Gasteiger partial charge in [-0.25, -0.2) is 5.10 Å². The van der Waals surface area contributed by atoms with Crippen LogP contribution in [0.15, 0.2) is 33.9 Å². The number of rotatable bonds is 4. The topological polar surface area (TPSA) is 126 Å². The molecular weight excluding hydrogens is 360 g/mol. The number of aromatic amines is 1. The van der Waals surface area contributed by atoms with Crippen molar-refractivity contribution >= 4 is 45.5 Å². The summed E-state index contributed by atoms with van der Waals surface area (Å²) in [6.45, 7) is 0. The average Bonchev–Trinajstić information content (AvgIpc) is 2.89. The molecule has 0 bridgehead atoms. The highest BCUT2D eigenvalue weighted by Crippen LogP contribution is 2.12. The van der Waals surface area contributed by atoms with Crippen molar-refractivity contribution in [3.05, 3.63) is 34.3 Å². The van der Waals surface area contributed by atoms with Crippen molar-refractivity contribution in [1.82, 2.24) is 26.0 Å². The van der Waals surface area contributed by atoms with Crippen LogP contribution in [-0.4, -0.2) is 32.7 Å². The number of carbonyl (C=O) groups is 2. The van der Waals surface area contributed by atoms with Crippen molar-refractivity contribution < 1.29 is 9.59 Å². The number of aromatic nitrogens is 3. The van der Waals surface area contributed by atoms with Crippen LogP contribution in [0.2, 0.25) is 0 Å². The van der Waals surface area contributed by atoms with E-state index in [1.807, 2.05) is 0 Å². The number of H-pyrrole nitrogens is 1. The number of hydrazine groups is 1. The van der Waals surface area contributed by atoms with Crippen molar-refractivity contribution in [2.45, 2.75) is 5.16 Å². The second-order valence-corrected chi connectivity index (χ2v) is 5.66. The fourth-order valence-electron chi connectivity index (χ4n) is 1.29. The minimum atomic E-state index is -0.400. The van der Waals surface area contributed by atoms with Gasteiger partial charge in [-0.1, -0.05) is 27.7 Å². The minimum Gasteiger partial charge on any atom is -0.368 e. The summed E-state index contributed by atoms with van der Waals surface area (Å²) >= 11 is 4.37. The Kier molecular flexibility index (Phi) is 5.17. The third kappa shape index (κ3) is 4.76. The second-order valence-electron chi connectivity index (χ2n) is 3.80.